The van der Waals surface area contributed by atoms with Crippen molar-refractivity contribution in [3.63, 3.8) is 0 Å². The zero-order valence-electron chi connectivity index (χ0n) is 7.42. The summed E-state index contributed by atoms with van der Waals surface area (Å²) in [6, 6.07) is 0. The van der Waals surface area contributed by atoms with Crippen molar-refractivity contribution < 1.29 is 17.6 Å². The Balaban J connectivity index is 2.62. The molecule has 0 atom stereocenters. The largest absolute Gasteiger partial charge is 0.381 e. The van der Waals surface area contributed by atoms with Crippen LogP contribution in [0, 0.1) is 0 Å². The Hall–Kier alpha value is -1.60. The zero-order chi connectivity index (χ0) is 11.5. The van der Waals surface area contributed by atoms with Crippen LogP contribution in [0.3, 0.4) is 0 Å². The van der Waals surface area contributed by atoms with Crippen molar-refractivity contribution in [1.29, 1.82) is 0 Å². The maximum Gasteiger partial charge on any atom is 0.324 e. The molecule has 3 N–H and O–H groups in total. The van der Waals surface area contributed by atoms with E-state index in [-0.39, 0.29) is 11.6 Å². The molecule has 1 heterocycles. The fraction of sp³-hybridized carbons (Fsp3) is 0.429. The highest BCUT2D eigenvalue weighted by Crippen LogP contribution is 2.23. The van der Waals surface area contributed by atoms with Gasteiger partial charge in [-0.2, -0.15) is 8.78 Å². The summed E-state index contributed by atoms with van der Waals surface area (Å²) in [4.78, 5) is 7.11. The first-order valence-corrected chi connectivity index (χ1v) is 3.90. The number of hydrogen-bond donors (Lipinski definition) is 2. The number of hydrogen-bond acceptors (Lipinski definition) is 4. The summed E-state index contributed by atoms with van der Waals surface area (Å²) in [7, 11) is 0. The van der Waals surface area contributed by atoms with Gasteiger partial charge in [0.05, 0.1) is 6.54 Å². The Morgan fingerprint density at radius 3 is 2.47 bits per heavy atom. The van der Waals surface area contributed by atoms with E-state index in [1.165, 1.54) is 12.4 Å². The molecule has 0 aromatic carbocycles. The molecule has 1 aromatic rings. The molecular weight excluding hydrogens is 216 g/mol. The average Bonchev–Trinajstić information content (AvgIpc) is 2.16. The first-order chi connectivity index (χ1) is 6.93. The summed E-state index contributed by atoms with van der Waals surface area (Å²) in [5.74, 6) is -4.38. The van der Waals surface area contributed by atoms with Gasteiger partial charge in [-0.05, 0) is 0 Å². The van der Waals surface area contributed by atoms with Gasteiger partial charge >= 0.3 is 12.3 Å². The van der Waals surface area contributed by atoms with E-state index >= 15 is 0 Å². The lowest BCUT2D eigenvalue weighted by molar-refractivity contribution is -0.117. The lowest BCUT2D eigenvalue weighted by Crippen LogP contribution is -2.35. The van der Waals surface area contributed by atoms with Crippen molar-refractivity contribution in [2.45, 2.75) is 12.3 Å². The van der Waals surface area contributed by atoms with Gasteiger partial charge in [0.1, 0.15) is 0 Å². The molecule has 0 bridgehead atoms. The van der Waals surface area contributed by atoms with Gasteiger partial charge in [-0.3, -0.25) is 0 Å². The summed E-state index contributed by atoms with van der Waals surface area (Å²) < 4.78 is 48.4. The fourth-order valence-electron chi connectivity index (χ4n) is 0.764. The normalized spacial score (nSPS) is 11.8. The first kappa shape index (κ1) is 11.5. The van der Waals surface area contributed by atoms with E-state index in [4.69, 9.17) is 5.73 Å². The molecule has 0 amide bonds. The van der Waals surface area contributed by atoms with Gasteiger partial charge in [-0.15, -0.1) is 0 Å². The van der Waals surface area contributed by atoms with Gasteiger partial charge in [0, 0.05) is 12.4 Å². The van der Waals surface area contributed by atoms with Gasteiger partial charge < -0.3 is 11.1 Å². The van der Waals surface area contributed by atoms with E-state index in [0.717, 1.165) is 0 Å². The van der Waals surface area contributed by atoms with Crippen LogP contribution < -0.4 is 11.1 Å². The topological polar surface area (TPSA) is 63.8 Å². The molecule has 0 spiro atoms. The number of rotatable bonds is 4. The Morgan fingerprint density at radius 1 is 1.33 bits per heavy atom. The van der Waals surface area contributed by atoms with E-state index in [1.54, 1.807) is 0 Å². The Morgan fingerprint density at radius 2 is 1.93 bits per heavy atom. The predicted molar refractivity (Wildman–Crippen MR) is 45.9 cm³/mol. The van der Waals surface area contributed by atoms with E-state index < -0.39 is 18.9 Å². The van der Waals surface area contributed by atoms with Crippen LogP contribution in [0.4, 0.5) is 29.2 Å². The number of anilines is 2. The number of nitrogens with two attached hydrogens (primary N) is 1. The first-order valence-electron chi connectivity index (χ1n) is 3.90. The highest BCUT2D eigenvalue weighted by Gasteiger charge is 2.40. The van der Waals surface area contributed by atoms with Gasteiger partial charge in [0.15, 0.2) is 11.6 Å². The van der Waals surface area contributed by atoms with E-state index in [9.17, 15) is 17.6 Å². The molecule has 0 aliphatic rings. The maximum absolute atomic E-state index is 12.5. The van der Waals surface area contributed by atoms with Crippen LogP contribution in [0.2, 0.25) is 0 Å². The molecular formula is C7H8F4N4. The molecule has 0 aliphatic carbocycles. The molecule has 0 radical (unpaired) electrons. The third kappa shape index (κ3) is 2.93. The lowest BCUT2D eigenvalue weighted by Gasteiger charge is -2.16. The Kier molecular flexibility index (Phi) is 3.28. The van der Waals surface area contributed by atoms with Crippen molar-refractivity contribution in [2.75, 3.05) is 17.6 Å². The third-order valence-electron chi connectivity index (χ3n) is 1.54. The van der Waals surface area contributed by atoms with Crippen molar-refractivity contribution in [2.24, 2.45) is 0 Å². The van der Waals surface area contributed by atoms with Gasteiger partial charge in [-0.1, -0.05) is 0 Å². The van der Waals surface area contributed by atoms with Crippen LogP contribution in [-0.2, 0) is 0 Å². The summed E-state index contributed by atoms with van der Waals surface area (Å²) in [5, 5.41) is 2.01. The third-order valence-corrected chi connectivity index (χ3v) is 1.54. The number of nitrogen functional groups attached to an aromatic ring is 1. The van der Waals surface area contributed by atoms with Crippen LogP contribution in [0.15, 0.2) is 12.4 Å². The second-order valence-electron chi connectivity index (χ2n) is 2.71. The zero-order valence-corrected chi connectivity index (χ0v) is 7.42. The van der Waals surface area contributed by atoms with Crippen LogP contribution >= 0.6 is 0 Å². The van der Waals surface area contributed by atoms with Crippen molar-refractivity contribution in [3.05, 3.63) is 12.4 Å². The molecule has 0 aliphatic heterocycles. The average molecular weight is 224 g/mol. The Bertz CT molecular complexity index is 331. The molecule has 8 heteroatoms. The number of halogens is 4. The van der Waals surface area contributed by atoms with Gasteiger partial charge in [0.25, 0.3) is 0 Å². The van der Waals surface area contributed by atoms with Crippen LogP contribution in [-0.4, -0.2) is 28.9 Å². The molecule has 0 fully saturated rings. The Labute approximate surface area is 82.5 Å². The summed E-state index contributed by atoms with van der Waals surface area (Å²) in [6.07, 6.45) is -1.27. The van der Waals surface area contributed by atoms with Gasteiger partial charge in [-0.25, -0.2) is 18.7 Å². The van der Waals surface area contributed by atoms with Gasteiger partial charge in [0.2, 0.25) is 0 Å². The minimum atomic E-state index is -4.12. The SMILES string of the molecule is Nc1nccnc1NCC(F)(F)C(F)F. The molecule has 4 nitrogen and oxygen atoms in total. The van der Waals surface area contributed by atoms with Crippen LogP contribution in [0.5, 0.6) is 0 Å². The van der Waals surface area contributed by atoms with E-state index in [0.29, 0.717) is 0 Å². The molecule has 0 saturated heterocycles. The van der Waals surface area contributed by atoms with E-state index in [1.807, 2.05) is 5.32 Å². The summed E-state index contributed by atoms with van der Waals surface area (Å²) in [5.41, 5.74) is 5.26. The quantitative estimate of drug-likeness (QED) is 0.758. The summed E-state index contributed by atoms with van der Waals surface area (Å²) >= 11 is 0. The molecule has 15 heavy (non-hydrogen) atoms. The van der Waals surface area contributed by atoms with Crippen LogP contribution in [0.1, 0.15) is 0 Å². The molecule has 1 rings (SSSR count). The van der Waals surface area contributed by atoms with Crippen molar-refractivity contribution in [3.8, 4) is 0 Å². The number of alkyl halides is 4. The highest BCUT2D eigenvalue weighted by molar-refractivity contribution is 5.54. The summed E-state index contributed by atoms with van der Waals surface area (Å²) in [6.45, 7) is -1.24. The number of nitrogens with zero attached hydrogens (tertiary/aromatic N) is 2. The maximum atomic E-state index is 12.5. The van der Waals surface area contributed by atoms with Crippen LogP contribution in [0.25, 0.3) is 0 Å². The molecule has 1 aromatic heterocycles. The molecule has 0 unspecified atom stereocenters. The minimum Gasteiger partial charge on any atom is -0.381 e. The minimum absolute atomic E-state index is 0.123. The molecule has 84 valence electrons. The second-order valence-corrected chi connectivity index (χ2v) is 2.71. The standard InChI is InChI=1S/C7H8F4N4/c8-6(9)7(10,11)3-15-5-4(12)13-1-2-14-5/h1-2,6H,3H2,(H2,12,13)(H,14,15). The number of aromatic nitrogens is 2. The predicted octanol–water partition coefficient (Wildman–Crippen LogP) is 1.37. The smallest absolute Gasteiger partial charge is 0.324 e. The molecule has 0 saturated carbocycles. The fourth-order valence-corrected chi connectivity index (χ4v) is 0.764. The van der Waals surface area contributed by atoms with E-state index in [2.05, 4.69) is 9.97 Å². The lowest BCUT2D eigenvalue weighted by atomic mass is 10.3. The highest BCUT2D eigenvalue weighted by atomic mass is 19.3. The monoisotopic (exact) mass is 224 g/mol. The number of nitrogens with one attached hydrogen (secondary N) is 1. The van der Waals surface area contributed by atoms with Crippen molar-refractivity contribution >= 4 is 11.6 Å². The van der Waals surface area contributed by atoms with Crippen molar-refractivity contribution in [1.82, 2.24) is 9.97 Å². The second kappa shape index (κ2) is 4.28.